The number of benzene rings is 1. The highest BCUT2D eigenvalue weighted by Crippen LogP contribution is 2.29. The van der Waals surface area contributed by atoms with Crippen LogP contribution in [0.4, 0.5) is 0 Å². The van der Waals surface area contributed by atoms with Crippen LogP contribution in [0, 0.1) is 0 Å². The van der Waals surface area contributed by atoms with E-state index in [4.69, 9.17) is 11.6 Å². The molecule has 0 saturated carbocycles. The lowest BCUT2D eigenvalue weighted by molar-refractivity contribution is -0.116. The van der Waals surface area contributed by atoms with Crippen LogP contribution in [-0.2, 0) is 4.79 Å². The Morgan fingerprint density at radius 3 is 2.71 bits per heavy atom. The molecular formula is C10H9ClO2S. The minimum atomic E-state index is -0.802. The van der Waals surface area contributed by atoms with E-state index in [0.29, 0.717) is 22.3 Å². The second-order valence-electron chi connectivity index (χ2n) is 2.87. The molecule has 0 aromatic heterocycles. The molecule has 1 unspecified atom stereocenters. The number of ketones is 1. The van der Waals surface area contributed by atoms with Gasteiger partial charge in [0.15, 0.2) is 5.78 Å². The first-order valence-corrected chi connectivity index (χ1v) is 4.88. The van der Waals surface area contributed by atoms with E-state index in [1.807, 2.05) is 0 Å². The molecule has 0 heterocycles. The molecule has 2 nitrogen and oxygen atoms in total. The Labute approximate surface area is 92.7 Å². The summed E-state index contributed by atoms with van der Waals surface area (Å²) in [5.41, 5.74) is 0.896. The molecular weight excluding hydrogens is 220 g/mol. The molecule has 0 aliphatic carbocycles. The van der Waals surface area contributed by atoms with Gasteiger partial charge in [-0.05, 0) is 13.0 Å². The van der Waals surface area contributed by atoms with Gasteiger partial charge < -0.3 is 0 Å². The zero-order chi connectivity index (χ0) is 10.7. The van der Waals surface area contributed by atoms with Gasteiger partial charge in [0, 0.05) is 16.0 Å². The van der Waals surface area contributed by atoms with Crippen molar-refractivity contribution >= 4 is 36.3 Å². The SMILES string of the molecule is CC(=O)C(Cl)c1c(S)cccc1C=O. The summed E-state index contributed by atoms with van der Waals surface area (Å²) in [6.45, 7) is 1.38. The molecule has 0 spiro atoms. The third kappa shape index (κ3) is 2.16. The number of carbonyl (C=O) groups excluding carboxylic acids is 2. The third-order valence-electron chi connectivity index (χ3n) is 1.85. The van der Waals surface area contributed by atoms with Crippen LogP contribution in [0.1, 0.15) is 28.2 Å². The van der Waals surface area contributed by atoms with Crippen LogP contribution in [0.2, 0.25) is 0 Å². The van der Waals surface area contributed by atoms with Gasteiger partial charge in [-0.2, -0.15) is 0 Å². The van der Waals surface area contributed by atoms with E-state index in [2.05, 4.69) is 12.6 Å². The Bertz CT molecular complexity index is 376. The van der Waals surface area contributed by atoms with Crippen LogP contribution in [0.25, 0.3) is 0 Å². The van der Waals surface area contributed by atoms with E-state index >= 15 is 0 Å². The maximum Gasteiger partial charge on any atom is 0.152 e. The van der Waals surface area contributed by atoms with Crippen molar-refractivity contribution in [1.29, 1.82) is 0 Å². The van der Waals surface area contributed by atoms with Crippen molar-refractivity contribution in [2.45, 2.75) is 17.2 Å². The standard InChI is InChI=1S/C10H9ClO2S/c1-6(13)10(11)9-7(5-12)3-2-4-8(9)14/h2-5,10,14H,1H3. The summed E-state index contributed by atoms with van der Waals surface area (Å²) in [7, 11) is 0. The quantitative estimate of drug-likeness (QED) is 0.490. The van der Waals surface area contributed by atoms with Crippen LogP contribution < -0.4 is 0 Å². The summed E-state index contributed by atoms with van der Waals surface area (Å²) in [6.07, 6.45) is 0.674. The third-order valence-corrected chi connectivity index (χ3v) is 2.77. The average Bonchev–Trinajstić information content (AvgIpc) is 2.16. The molecule has 0 N–H and O–H groups in total. The largest absolute Gasteiger partial charge is 0.298 e. The monoisotopic (exact) mass is 228 g/mol. The topological polar surface area (TPSA) is 34.1 Å². The van der Waals surface area contributed by atoms with Gasteiger partial charge in [0.25, 0.3) is 0 Å². The maximum atomic E-state index is 11.1. The van der Waals surface area contributed by atoms with Crippen molar-refractivity contribution in [3.8, 4) is 0 Å². The van der Waals surface area contributed by atoms with Crippen LogP contribution >= 0.6 is 24.2 Å². The molecule has 1 atom stereocenters. The molecule has 0 aliphatic heterocycles. The molecule has 74 valence electrons. The molecule has 0 aliphatic rings. The van der Waals surface area contributed by atoms with E-state index in [1.165, 1.54) is 6.92 Å². The van der Waals surface area contributed by atoms with E-state index in [-0.39, 0.29) is 5.78 Å². The average molecular weight is 229 g/mol. The van der Waals surface area contributed by atoms with Crippen molar-refractivity contribution in [1.82, 2.24) is 0 Å². The summed E-state index contributed by atoms with van der Waals surface area (Å²) in [5.74, 6) is -0.198. The number of alkyl halides is 1. The van der Waals surface area contributed by atoms with E-state index in [9.17, 15) is 9.59 Å². The Morgan fingerprint density at radius 1 is 1.57 bits per heavy atom. The van der Waals surface area contributed by atoms with Crippen molar-refractivity contribution in [2.24, 2.45) is 0 Å². The fraction of sp³-hybridized carbons (Fsp3) is 0.200. The normalized spacial score (nSPS) is 12.2. The van der Waals surface area contributed by atoms with Crippen molar-refractivity contribution < 1.29 is 9.59 Å². The van der Waals surface area contributed by atoms with Gasteiger partial charge in [-0.25, -0.2) is 0 Å². The van der Waals surface area contributed by atoms with Crippen molar-refractivity contribution in [3.63, 3.8) is 0 Å². The predicted octanol–water partition coefficient (Wildman–Crippen LogP) is 2.66. The first-order chi connectivity index (χ1) is 6.57. The molecule has 14 heavy (non-hydrogen) atoms. The number of aldehydes is 1. The Hall–Kier alpha value is -0.800. The highest BCUT2D eigenvalue weighted by Gasteiger charge is 2.19. The summed E-state index contributed by atoms with van der Waals surface area (Å²) in [6, 6.07) is 5.00. The van der Waals surface area contributed by atoms with Gasteiger partial charge in [0.2, 0.25) is 0 Å². The first-order valence-electron chi connectivity index (χ1n) is 3.99. The second kappa shape index (κ2) is 4.62. The highest BCUT2D eigenvalue weighted by molar-refractivity contribution is 7.80. The zero-order valence-electron chi connectivity index (χ0n) is 7.53. The minimum Gasteiger partial charge on any atom is -0.298 e. The van der Waals surface area contributed by atoms with Gasteiger partial charge in [-0.1, -0.05) is 12.1 Å². The second-order valence-corrected chi connectivity index (χ2v) is 3.79. The van der Waals surface area contributed by atoms with Crippen LogP contribution in [0.15, 0.2) is 23.1 Å². The Morgan fingerprint density at radius 2 is 2.21 bits per heavy atom. The number of halogens is 1. The van der Waals surface area contributed by atoms with Gasteiger partial charge >= 0.3 is 0 Å². The van der Waals surface area contributed by atoms with E-state index < -0.39 is 5.38 Å². The van der Waals surface area contributed by atoms with Crippen molar-refractivity contribution in [2.75, 3.05) is 0 Å². The lowest BCUT2D eigenvalue weighted by Crippen LogP contribution is -2.06. The van der Waals surface area contributed by atoms with Crippen LogP contribution in [0.5, 0.6) is 0 Å². The Balaban J connectivity index is 3.30. The predicted molar refractivity (Wildman–Crippen MR) is 58.4 cm³/mol. The number of thiol groups is 1. The number of hydrogen-bond acceptors (Lipinski definition) is 3. The lowest BCUT2D eigenvalue weighted by atomic mass is 10.0. The Kier molecular flexibility index (Phi) is 3.72. The molecule has 0 amide bonds. The van der Waals surface area contributed by atoms with Gasteiger partial charge in [0.05, 0.1) is 0 Å². The fourth-order valence-corrected chi connectivity index (χ4v) is 1.82. The number of Topliss-reactive ketones (excluding diaryl/α,β-unsaturated/α-hetero) is 1. The fourth-order valence-electron chi connectivity index (χ4n) is 1.15. The van der Waals surface area contributed by atoms with Gasteiger partial charge in [0.1, 0.15) is 11.7 Å². The van der Waals surface area contributed by atoms with Crippen molar-refractivity contribution in [3.05, 3.63) is 29.3 Å². The summed E-state index contributed by atoms with van der Waals surface area (Å²) in [4.78, 5) is 22.3. The first kappa shape index (κ1) is 11.3. The van der Waals surface area contributed by atoms with Gasteiger partial charge in [-0.15, -0.1) is 24.2 Å². The van der Waals surface area contributed by atoms with E-state index in [0.717, 1.165) is 0 Å². The number of rotatable bonds is 3. The van der Waals surface area contributed by atoms with Crippen LogP contribution in [-0.4, -0.2) is 12.1 Å². The number of carbonyl (C=O) groups is 2. The smallest absolute Gasteiger partial charge is 0.152 e. The molecule has 4 heteroatoms. The molecule has 1 aromatic carbocycles. The maximum absolute atomic E-state index is 11.1. The summed E-state index contributed by atoms with van der Waals surface area (Å²) in [5, 5.41) is -0.802. The summed E-state index contributed by atoms with van der Waals surface area (Å²) < 4.78 is 0. The van der Waals surface area contributed by atoms with Gasteiger partial charge in [-0.3, -0.25) is 9.59 Å². The lowest BCUT2D eigenvalue weighted by Gasteiger charge is -2.11. The number of hydrogen-bond donors (Lipinski definition) is 1. The van der Waals surface area contributed by atoms with E-state index in [1.54, 1.807) is 18.2 Å². The molecule has 1 rings (SSSR count). The summed E-state index contributed by atoms with van der Waals surface area (Å²) >= 11 is 10.0. The molecule has 0 fully saturated rings. The highest BCUT2D eigenvalue weighted by atomic mass is 35.5. The molecule has 0 bridgehead atoms. The van der Waals surface area contributed by atoms with Crippen LogP contribution in [0.3, 0.4) is 0 Å². The molecule has 0 radical (unpaired) electrons. The molecule has 0 saturated heterocycles. The molecule has 1 aromatic rings. The minimum absolute atomic E-state index is 0.198. The zero-order valence-corrected chi connectivity index (χ0v) is 9.18.